The van der Waals surface area contributed by atoms with E-state index in [0.717, 1.165) is 28.9 Å². The van der Waals surface area contributed by atoms with Crippen LogP contribution in [0.5, 0.6) is 0 Å². The molecule has 0 spiro atoms. The molecular formula is C17H22N2O2. The van der Waals surface area contributed by atoms with E-state index in [0.29, 0.717) is 6.54 Å². The van der Waals surface area contributed by atoms with E-state index < -0.39 is 6.10 Å². The smallest absolute Gasteiger partial charge is 0.0959 e. The minimum atomic E-state index is -0.781. The molecule has 0 aliphatic carbocycles. The van der Waals surface area contributed by atoms with Gasteiger partial charge in [0.05, 0.1) is 37.0 Å². The lowest BCUT2D eigenvalue weighted by Crippen LogP contribution is -2.20. The Morgan fingerprint density at radius 1 is 1.33 bits per heavy atom. The summed E-state index contributed by atoms with van der Waals surface area (Å²) in [6.45, 7) is 4.22. The van der Waals surface area contributed by atoms with Crippen molar-refractivity contribution in [2.24, 2.45) is 0 Å². The molecule has 2 aromatic rings. The Morgan fingerprint density at radius 2 is 2.05 bits per heavy atom. The summed E-state index contributed by atoms with van der Waals surface area (Å²) in [7, 11) is 0. The van der Waals surface area contributed by atoms with E-state index in [-0.39, 0.29) is 6.61 Å². The normalized spacial score (nSPS) is 13.4. The first-order chi connectivity index (χ1) is 10.2. The fourth-order valence-electron chi connectivity index (χ4n) is 2.43. The van der Waals surface area contributed by atoms with Gasteiger partial charge in [-0.25, -0.2) is 4.98 Å². The molecule has 0 saturated carbocycles. The van der Waals surface area contributed by atoms with Gasteiger partial charge in [-0.15, -0.1) is 0 Å². The fraction of sp³-hybridized carbons (Fsp3) is 0.353. The van der Waals surface area contributed by atoms with Crippen molar-refractivity contribution in [1.82, 2.24) is 9.55 Å². The van der Waals surface area contributed by atoms with Crippen molar-refractivity contribution >= 4 is 5.57 Å². The molecule has 0 radical (unpaired) electrons. The van der Waals surface area contributed by atoms with Crippen LogP contribution in [-0.2, 0) is 6.54 Å². The molecule has 0 amide bonds. The van der Waals surface area contributed by atoms with E-state index >= 15 is 0 Å². The first-order valence-corrected chi connectivity index (χ1v) is 7.24. The Hall–Kier alpha value is -1.91. The number of aliphatic hydroxyl groups is 2. The first kappa shape index (κ1) is 15.5. The zero-order valence-electron chi connectivity index (χ0n) is 12.5. The second-order valence-corrected chi connectivity index (χ2v) is 5.09. The largest absolute Gasteiger partial charge is 0.394 e. The molecule has 1 unspecified atom stereocenters. The van der Waals surface area contributed by atoms with Crippen LogP contribution < -0.4 is 0 Å². The van der Waals surface area contributed by atoms with Gasteiger partial charge in [0, 0.05) is 5.56 Å². The highest BCUT2D eigenvalue weighted by Gasteiger charge is 2.16. The van der Waals surface area contributed by atoms with Crippen molar-refractivity contribution in [2.75, 3.05) is 6.61 Å². The van der Waals surface area contributed by atoms with Gasteiger partial charge in [-0.05, 0) is 18.9 Å². The molecule has 0 fully saturated rings. The molecule has 2 rings (SSSR count). The minimum absolute atomic E-state index is 0.255. The molecule has 4 nitrogen and oxygen atoms in total. The maximum absolute atomic E-state index is 9.71. The number of hydrogen-bond donors (Lipinski definition) is 2. The lowest BCUT2D eigenvalue weighted by atomic mass is 10.0. The van der Waals surface area contributed by atoms with E-state index in [1.165, 1.54) is 0 Å². The Morgan fingerprint density at radius 3 is 2.67 bits per heavy atom. The molecule has 0 saturated heterocycles. The molecule has 4 heteroatoms. The van der Waals surface area contributed by atoms with Gasteiger partial charge in [-0.3, -0.25) is 0 Å². The van der Waals surface area contributed by atoms with Gasteiger partial charge in [-0.1, -0.05) is 43.3 Å². The van der Waals surface area contributed by atoms with Crippen LogP contribution in [0.3, 0.4) is 0 Å². The van der Waals surface area contributed by atoms with Crippen LogP contribution >= 0.6 is 0 Å². The number of benzene rings is 1. The highest BCUT2D eigenvalue weighted by atomic mass is 16.3. The predicted octanol–water partition coefficient (Wildman–Crippen LogP) is 2.72. The second-order valence-electron chi connectivity index (χ2n) is 5.09. The molecule has 0 bridgehead atoms. The summed E-state index contributed by atoms with van der Waals surface area (Å²) in [5, 5.41) is 18.8. The third-order valence-corrected chi connectivity index (χ3v) is 3.39. The summed E-state index contributed by atoms with van der Waals surface area (Å²) in [5.74, 6) is 0. The van der Waals surface area contributed by atoms with Crippen molar-refractivity contribution in [3.05, 3.63) is 48.4 Å². The zero-order chi connectivity index (χ0) is 15.2. The van der Waals surface area contributed by atoms with Crippen molar-refractivity contribution < 1.29 is 10.2 Å². The average molecular weight is 286 g/mol. The van der Waals surface area contributed by atoms with Gasteiger partial charge in [0.15, 0.2) is 0 Å². The van der Waals surface area contributed by atoms with E-state index in [1.807, 2.05) is 34.9 Å². The summed E-state index contributed by atoms with van der Waals surface area (Å²) >= 11 is 0. The molecular weight excluding hydrogens is 264 g/mol. The second kappa shape index (κ2) is 7.20. The number of imidazole rings is 1. The van der Waals surface area contributed by atoms with Crippen molar-refractivity contribution in [2.45, 2.75) is 32.9 Å². The van der Waals surface area contributed by atoms with Gasteiger partial charge in [0.25, 0.3) is 0 Å². The average Bonchev–Trinajstić information content (AvgIpc) is 2.92. The third-order valence-electron chi connectivity index (χ3n) is 3.39. The lowest BCUT2D eigenvalue weighted by Gasteiger charge is -2.13. The quantitative estimate of drug-likeness (QED) is 0.858. The lowest BCUT2D eigenvalue weighted by molar-refractivity contribution is 0.0810. The van der Waals surface area contributed by atoms with Gasteiger partial charge >= 0.3 is 0 Å². The number of rotatable bonds is 6. The molecule has 112 valence electrons. The van der Waals surface area contributed by atoms with E-state index in [1.54, 1.807) is 6.33 Å². The Balaban J connectivity index is 2.49. The highest BCUT2D eigenvalue weighted by Crippen LogP contribution is 2.28. The van der Waals surface area contributed by atoms with Crippen LogP contribution in [0.25, 0.3) is 16.8 Å². The van der Waals surface area contributed by atoms with E-state index in [9.17, 15) is 5.11 Å². The minimum Gasteiger partial charge on any atom is -0.394 e. The number of aliphatic hydroxyl groups excluding tert-OH is 2. The summed E-state index contributed by atoms with van der Waals surface area (Å²) in [4.78, 5) is 4.51. The SMILES string of the molecule is CCC=C(C)c1c(-c2ccccc2)ncn1CC(O)CO. The molecule has 1 aromatic heterocycles. The van der Waals surface area contributed by atoms with Gasteiger partial charge < -0.3 is 14.8 Å². The summed E-state index contributed by atoms with van der Waals surface area (Å²) in [5.41, 5.74) is 4.08. The van der Waals surface area contributed by atoms with Crippen LogP contribution in [0, 0.1) is 0 Å². The van der Waals surface area contributed by atoms with Crippen molar-refractivity contribution in [3.8, 4) is 11.3 Å². The molecule has 1 atom stereocenters. The highest BCUT2D eigenvalue weighted by molar-refractivity contribution is 5.76. The first-order valence-electron chi connectivity index (χ1n) is 7.24. The summed E-state index contributed by atoms with van der Waals surface area (Å²) in [6.07, 6.45) is 4.03. The summed E-state index contributed by atoms with van der Waals surface area (Å²) < 4.78 is 1.91. The van der Waals surface area contributed by atoms with Crippen LogP contribution in [0.4, 0.5) is 0 Å². The van der Waals surface area contributed by atoms with Crippen molar-refractivity contribution in [1.29, 1.82) is 0 Å². The van der Waals surface area contributed by atoms with Crippen LogP contribution in [-0.4, -0.2) is 32.5 Å². The standard InChI is InChI=1S/C17H22N2O2/c1-3-7-13(2)17-16(14-8-5-4-6-9-14)18-12-19(17)10-15(21)11-20/h4-9,12,15,20-21H,3,10-11H2,1-2H3. The molecule has 21 heavy (non-hydrogen) atoms. The third kappa shape index (κ3) is 3.60. The molecule has 1 heterocycles. The van der Waals surface area contributed by atoms with Crippen LogP contribution in [0.15, 0.2) is 42.7 Å². The van der Waals surface area contributed by atoms with Gasteiger partial charge in [0.2, 0.25) is 0 Å². The van der Waals surface area contributed by atoms with Crippen LogP contribution in [0.2, 0.25) is 0 Å². The molecule has 2 N–H and O–H groups in total. The topological polar surface area (TPSA) is 58.3 Å². The molecule has 1 aromatic carbocycles. The maximum Gasteiger partial charge on any atom is 0.0959 e. The molecule has 0 aliphatic rings. The molecule has 0 aliphatic heterocycles. The Bertz CT molecular complexity index is 603. The fourth-order valence-corrected chi connectivity index (χ4v) is 2.43. The van der Waals surface area contributed by atoms with Crippen molar-refractivity contribution in [3.63, 3.8) is 0 Å². The summed E-state index contributed by atoms with van der Waals surface area (Å²) in [6, 6.07) is 10.00. The zero-order valence-corrected chi connectivity index (χ0v) is 12.5. The van der Waals surface area contributed by atoms with Crippen LogP contribution in [0.1, 0.15) is 26.0 Å². The number of nitrogens with zero attached hydrogens (tertiary/aromatic N) is 2. The number of aromatic nitrogens is 2. The maximum atomic E-state index is 9.71. The van der Waals surface area contributed by atoms with E-state index in [4.69, 9.17) is 5.11 Å². The Kier molecular flexibility index (Phi) is 5.31. The Labute approximate surface area is 125 Å². The predicted molar refractivity (Wildman–Crippen MR) is 84.7 cm³/mol. The van der Waals surface area contributed by atoms with E-state index in [2.05, 4.69) is 24.9 Å². The number of allylic oxidation sites excluding steroid dienone is 2. The number of hydrogen-bond acceptors (Lipinski definition) is 3. The monoisotopic (exact) mass is 286 g/mol. The van der Waals surface area contributed by atoms with Gasteiger partial charge in [-0.2, -0.15) is 0 Å². The van der Waals surface area contributed by atoms with Gasteiger partial charge in [0.1, 0.15) is 0 Å².